The van der Waals surface area contributed by atoms with Gasteiger partial charge in [-0.2, -0.15) is 0 Å². The summed E-state index contributed by atoms with van der Waals surface area (Å²) < 4.78 is 26.2. The fraction of sp³-hybridized carbons (Fsp3) is 0.190. The van der Waals surface area contributed by atoms with Crippen LogP contribution in [-0.4, -0.2) is 15.9 Å². The number of aryl methyl sites for hydroxylation is 1. The monoisotopic (exact) mass is 382 g/mol. The summed E-state index contributed by atoms with van der Waals surface area (Å²) in [5.74, 6) is -1.76. The van der Waals surface area contributed by atoms with Gasteiger partial charge in [-0.05, 0) is 36.1 Å². The van der Waals surface area contributed by atoms with Gasteiger partial charge in [0, 0.05) is 17.4 Å². The van der Waals surface area contributed by atoms with Crippen molar-refractivity contribution in [2.24, 2.45) is 0 Å². The van der Waals surface area contributed by atoms with Crippen molar-refractivity contribution in [3.63, 3.8) is 0 Å². The van der Waals surface area contributed by atoms with E-state index >= 15 is 0 Å². The number of hydrogen-bond donors (Lipinski definition) is 2. The van der Waals surface area contributed by atoms with Crippen molar-refractivity contribution in [2.75, 3.05) is 10.6 Å². The number of anilines is 3. The SMILES string of the molecule is Cc1cccc(C(C)C)c1Nc1cnc(C(=O)Nc2ccc(F)c(F)c2)cn1. The Morgan fingerprint density at radius 1 is 1.04 bits per heavy atom. The Morgan fingerprint density at radius 2 is 1.82 bits per heavy atom. The normalized spacial score (nSPS) is 10.8. The van der Waals surface area contributed by atoms with E-state index in [0.29, 0.717) is 11.7 Å². The number of carbonyl (C=O) groups is 1. The van der Waals surface area contributed by atoms with E-state index in [4.69, 9.17) is 0 Å². The highest BCUT2D eigenvalue weighted by Crippen LogP contribution is 2.29. The van der Waals surface area contributed by atoms with E-state index < -0.39 is 17.5 Å². The molecular formula is C21H20F2N4O. The molecule has 2 N–H and O–H groups in total. The lowest BCUT2D eigenvalue weighted by atomic mass is 9.98. The van der Waals surface area contributed by atoms with Crippen LogP contribution in [0.2, 0.25) is 0 Å². The molecule has 2 aromatic carbocycles. The summed E-state index contributed by atoms with van der Waals surface area (Å²) in [7, 11) is 0. The van der Waals surface area contributed by atoms with Gasteiger partial charge in [0.1, 0.15) is 11.5 Å². The predicted octanol–water partition coefficient (Wildman–Crippen LogP) is 5.18. The number of para-hydroxylation sites is 1. The van der Waals surface area contributed by atoms with Gasteiger partial charge in [0.15, 0.2) is 11.6 Å². The molecule has 28 heavy (non-hydrogen) atoms. The summed E-state index contributed by atoms with van der Waals surface area (Å²) in [4.78, 5) is 20.6. The number of amides is 1. The molecule has 0 unspecified atom stereocenters. The second-order valence-electron chi connectivity index (χ2n) is 6.69. The zero-order valence-corrected chi connectivity index (χ0v) is 15.8. The Labute approximate surface area is 161 Å². The molecule has 3 rings (SSSR count). The number of nitrogens with one attached hydrogen (secondary N) is 2. The quantitative estimate of drug-likeness (QED) is 0.638. The second-order valence-corrected chi connectivity index (χ2v) is 6.69. The Kier molecular flexibility index (Phi) is 5.63. The summed E-state index contributed by atoms with van der Waals surface area (Å²) in [6.07, 6.45) is 2.78. The van der Waals surface area contributed by atoms with Crippen LogP contribution in [0.25, 0.3) is 0 Å². The highest BCUT2D eigenvalue weighted by Gasteiger charge is 2.13. The van der Waals surface area contributed by atoms with Gasteiger partial charge in [-0.3, -0.25) is 4.79 Å². The van der Waals surface area contributed by atoms with Crippen molar-refractivity contribution >= 4 is 23.1 Å². The number of nitrogens with zero attached hydrogens (tertiary/aromatic N) is 2. The third-order valence-electron chi connectivity index (χ3n) is 4.24. The van der Waals surface area contributed by atoms with Gasteiger partial charge < -0.3 is 10.6 Å². The molecule has 3 aromatic rings. The van der Waals surface area contributed by atoms with Gasteiger partial charge in [0.2, 0.25) is 0 Å². The lowest BCUT2D eigenvalue weighted by Gasteiger charge is -2.16. The average Bonchev–Trinajstić information content (AvgIpc) is 2.66. The number of aromatic nitrogens is 2. The Bertz CT molecular complexity index is 1000. The van der Waals surface area contributed by atoms with Crippen LogP contribution in [0.15, 0.2) is 48.8 Å². The molecule has 1 aromatic heterocycles. The van der Waals surface area contributed by atoms with Crippen LogP contribution in [0.5, 0.6) is 0 Å². The summed E-state index contributed by atoms with van der Waals surface area (Å²) in [6.45, 7) is 6.22. The summed E-state index contributed by atoms with van der Waals surface area (Å²) >= 11 is 0. The molecule has 0 aliphatic rings. The van der Waals surface area contributed by atoms with Crippen molar-refractivity contribution in [1.82, 2.24) is 9.97 Å². The number of rotatable bonds is 5. The molecule has 1 heterocycles. The maximum Gasteiger partial charge on any atom is 0.275 e. The lowest BCUT2D eigenvalue weighted by molar-refractivity contribution is 0.102. The first-order chi connectivity index (χ1) is 13.3. The number of hydrogen-bond acceptors (Lipinski definition) is 4. The number of halogens is 2. The van der Waals surface area contributed by atoms with Gasteiger partial charge >= 0.3 is 0 Å². The number of carbonyl (C=O) groups excluding carboxylic acids is 1. The van der Waals surface area contributed by atoms with Gasteiger partial charge in [-0.15, -0.1) is 0 Å². The predicted molar refractivity (Wildman–Crippen MR) is 105 cm³/mol. The largest absolute Gasteiger partial charge is 0.338 e. The first-order valence-electron chi connectivity index (χ1n) is 8.80. The van der Waals surface area contributed by atoms with E-state index in [-0.39, 0.29) is 11.4 Å². The molecule has 0 bridgehead atoms. The van der Waals surface area contributed by atoms with E-state index in [2.05, 4.69) is 40.5 Å². The molecule has 0 saturated carbocycles. The van der Waals surface area contributed by atoms with E-state index in [1.165, 1.54) is 18.5 Å². The Morgan fingerprint density at radius 3 is 2.46 bits per heavy atom. The zero-order chi connectivity index (χ0) is 20.3. The van der Waals surface area contributed by atoms with Crippen LogP contribution in [0.4, 0.5) is 26.0 Å². The lowest BCUT2D eigenvalue weighted by Crippen LogP contribution is -2.14. The molecule has 0 saturated heterocycles. The van der Waals surface area contributed by atoms with Crippen molar-refractivity contribution in [3.05, 3.63) is 77.2 Å². The molecule has 0 fully saturated rings. The van der Waals surface area contributed by atoms with Crippen molar-refractivity contribution in [2.45, 2.75) is 26.7 Å². The average molecular weight is 382 g/mol. The van der Waals surface area contributed by atoms with E-state index in [9.17, 15) is 13.6 Å². The highest BCUT2D eigenvalue weighted by molar-refractivity contribution is 6.02. The van der Waals surface area contributed by atoms with E-state index in [1.807, 2.05) is 19.1 Å². The number of benzene rings is 2. The van der Waals surface area contributed by atoms with Crippen LogP contribution >= 0.6 is 0 Å². The third-order valence-corrected chi connectivity index (χ3v) is 4.24. The van der Waals surface area contributed by atoms with Gasteiger partial charge in [-0.1, -0.05) is 32.0 Å². The van der Waals surface area contributed by atoms with E-state index in [1.54, 1.807) is 0 Å². The minimum absolute atomic E-state index is 0.0594. The van der Waals surface area contributed by atoms with Crippen LogP contribution in [0, 0.1) is 18.6 Å². The molecule has 1 amide bonds. The zero-order valence-electron chi connectivity index (χ0n) is 15.8. The van der Waals surface area contributed by atoms with Gasteiger partial charge in [0.05, 0.1) is 12.4 Å². The maximum atomic E-state index is 13.3. The second kappa shape index (κ2) is 8.12. The molecule has 0 radical (unpaired) electrons. The molecule has 0 aliphatic carbocycles. The van der Waals surface area contributed by atoms with Crippen molar-refractivity contribution in [3.8, 4) is 0 Å². The van der Waals surface area contributed by atoms with Crippen LogP contribution < -0.4 is 10.6 Å². The first-order valence-corrected chi connectivity index (χ1v) is 8.80. The molecule has 0 atom stereocenters. The molecule has 144 valence electrons. The Balaban J connectivity index is 1.75. The van der Waals surface area contributed by atoms with Crippen molar-refractivity contribution < 1.29 is 13.6 Å². The summed E-state index contributed by atoms with van der Waals surface area (Å²) in [5.41, 5.74) is 3.39. The van der Waals surface area contributed by atoms with Crippen molar-refractivity contribution in [1.29, 1.82) is 0 Å². The fourth-order valence-corrected chi connectivity index (χ4v) is 2.75. The maximum absolute atomic E-state index is 13.3. The van der Waals surface area contributed by atoms with Crippen LogP contribution in [0.1, 0.15) is 41.4 Å². The summed E-state index contributed by atoms with van der Waals surface area (Å²) in [5, 5.41) is 5.72. The summed E-state index contributed by atoms with van der Waals surface area (Å²) in [6, 6.07) is 9.18. The fourth-order valence-electron chi connectivity index (χ4n) is 2.75. The Hall–Kier alpha value is -3.35. The van der Waals surface area contributed by atoms with Gasteiger partial charge in [-0.25, -0.2) is 18.7 Å². The molecule has 0 aliphatic heterocycles. The minimum atomic E-state index is -1.04. The molecule has 5 nitrogen and oxygen atoms in total. The molecular weight excluding hydrogens is 362 g/mol. The van der Waals surface area contributed by atoms with Crippen LogP contribution in [0.3, 0.4) is 0 Å². The van der Waals surface area contributed by atoms with Crippen LogP contribution in [-0.2, 0) is 0 Å². The topological polar surface area (TPSA) is 66.9 Å². The highest BCUT2D eigenvalue weighted by atomic mass is 19.2. The van der Waals surface area contributed by atoms with E-state index in [0.717, 1.165) is 28.9 Å². The van der Waals surface area contributed by atoms with Gasteiger partial charge in [0.25, 0.3) is 5.91 Å². The molecule has 0 spiro atoms. The molecule has 7 heteroatoms. The first kappa shape index (κ1) is 19.4. The minimum Gasteiger partial charge on any atom is -0.338 e. The third kappa shape index (κ3) is 4.31. The standard InChI is InChI=1S/C21H20F2N4O/c1-12(2)15-6-4-5-13(3)20(15)27-19-11-24-18(10-25-19)21(28)26-14-7-8-16(22)17(23)9-14/h4-12H,1-3H3,(H,25,27)(H,26,28). The smallest absolute Gasteiger partial charge is 0.275 e.